The van der Waals surface area contributed by atoms with E-state index in [4.69, 9.17) is 0 Å². The fourth-order valence-corrected chi connectivity index (χ4v) is 1.94. The van der Waals surface area contributed by atoms with Gasteiger partial charge >= 0.3 is 7.82 Å². The second-order valence-electron chi connectivity index (χ2n) is 4.70. The van der Waals surface area contributed by atoms with Crippen LogP contribution in [0.1, 0.15) is 13.8 Å². The standard InChI is InChI=1S/C12H19O8P/c1-5-9(13)11(3,15)7-19-21(17,18)20-8-12(4,16)10(14)6-2/h5-6,15-16H,1-2,7-8H2,3-4H3,(H,17,18). The fourth-order valence-electron chi connectivity index (χ4n) is 1.03. The van der Waals surface area contributed by atoms with Gasteiger partial charge in [0.1, 0.15) is 11.2 Å². The molecule has 3 N–H and O–H groups in total. The molecule has 0 saturated carbocycles. The Hall–Kier alpha value is -1.15. The second kappa shape index (κ2) is 7.22. The summed E-state index contributed by atoms with van der Waals surface area (Å²) in [6.07, 6.45) is 1.67. The maximum atomic E-state index is 11.5. The van der Waals surface area contributed by atoms with Crippen molar-refractivity contribution < 1.29 is 38.3 Å². The Kier molecular flexibility index (Phi) is 6.82. The first-order valence-corrected chi connectivity index (χ1v) is 7.28. The maximum absolute atomic E-state index is 11.5. The predicted octanol–water partition coefficient (Wildman–Crippen LogP) is 0.132. The van der Waals surface area contributed by atoms with Crippen molar-refractivity contribution in [2.75, 3.05) is 13.2 Å². The Morgan fingerprint density at radius 3 is 1.57 bits per heavy atom. The number of aliphatic hydroxyl groups is 2. The molecule has 0 saturated heterocycles. The van der Waals surface area contributed by atoms with E-state index in [1.807, 2.05) is 0 Å². The normalized spacial score (nSPS) is 19.7. The highest BCUT2D eigenvalue weighted by Crippen LogP contribution is 2.44. The van der Waals surface area contributed by atoms with Crippen LogP contribution in [0, 0.1) is 0 Å². The van der Waals surface area contributed by atoms with Gasteiger partial charge in [0.05, 0.1) is 13.2 Å². The summed E-state index contributed by atoms with van der Waals surface area (Å²) in [4.78, 5) is 31.8. The fraction of sp³-hybridized carbons (Fsp3) is 0.500. The van der Waals surface area contributed by atoms with Gasteiger partial charge in [0.15, 0.2) is 11.6 Å². The number of hydrogen-bond acceptors (Lipinski definition) is 7. The van der Waals surface area contributed by atoms with Gasteiger partial charge in [-0.3, -0.25) is 18.6 Å². The van der Waals surface area contributed by atoms with E-state index < -0.39 is 43.8 Å². The zero-order chi connectivity index (χ0) is 16.9. The van der Waals surface area contributed by atoms with Crippen LogP contribution in [0.25, 0.3) is 0 Å². The molecule has 21 heavy (non-hydrogen) atoms. The van der Waals surface area contributed by atoms with Gasteiger partial charge in [-0.05, 0) is 26.0 Å². The highest BCUT2D eigenvalue weighted by molar-refractivity contribution is 7.47. The van der Waals surface area contributed by atoms with Crippen molar-refractivity contribution in [3.63, 3.8) is 0 Å². The van der Waals surface area contributed by atoms with E-state index in [0.717, 1.165) is 26.0 Å². The highest BCUT2D eigenvalue weighted by Gasteiger charge is 2.36. The largest absolute Gasteiger partial charge is 0.472 e. The van der Waals surface area contributed by atoms with Crippen molar-refractivity contribution >= 4 is 19.4 Å². The molecule has 0 aliphatic carbocycles. The lowest BCUT2D eigenvalue weighted by Crippen LogP contribution is -2.40. The Labute approximate surface area is 122 Å². The van der Waals surface area contributed by atoms with Gasteiger partial charge < -0.3 is 15.1 Å². The zero-order valence-corrected chi connectivity index (χ0v) is 12.7. The van der Waals surface area contributed by atoms with Crippen molar-refractivity contribution in [2.24, 2.45) is 0 Å². The van der Waals surface area contributed by atoms with E-state index in [1.54, 1.807) is 0 Å². The van der Waals surface area contributed by atoms with Crippen LogP contribution in [0.3, 0.4) is 0 Å². The van der Waals surface area contributed by atoms with E-state index in [2.05, 4.69) is 22.2 Å². The average molecular weight is 322 g/mol. The number of carbonyl (C=O) groups excluding carboxylic acids is 2. The Morgan fingerprint density at radius 1 is 1.05 bits per heavy atom. The SMILES string of the molecule is C=CC(=O)C(C)(O)COP(=O)(O)OCC(C)(O)C(=O)C=C. The molecule has 2 unspecified atom stereocenters. The second-order valence-corrected chi connectivity index (χ2v) is 6.15. The third kappa shape index (κ3) is 6.43. The molecule has 120 valence electrons. The lowest BCUT2D eigenvalue weighted by Gasteiger charge is -2.24. The summed E-state index contributed by atoms with van der Waals surface area (Å²) in [5.74, 6) is -1.62. The molecule has 0 spiro atoms. The monoisotopic (exact) mass is 322 g/mol. The molecule has 2 atom stereocenters. The summed E-state index contributed by atoms with van der Waals surface area (Å²) in [5, 5.41) is 19.3. The van der Waals surface area contributed by atoms with Gasteiger partial charge in [-0.2, -0.15) is 0 Å². The molecule has 8 nitrogen and oxygen atoms in total. The number of phosphoric acid groups is 1. The average Bonchev–Trinajstić information content (AvgIpc) is 2.41. The molecule has 0 aliphatic rings. The molecule has 0 aromatic carbocycles. The first-order valence-electron chi connectivity index (χ1n) is 5.78. The minimum atomic E-state index is -4.68. The number of phosphoric ester groups is 1. The van der Waals surface area contributed by atoms with Gasteiger partial charge in [-0.15, -0.1) is 0 Å². The summed E-state index contributed by atoms with van der Waals surface area (Å²) in [7, 11) is -4.68. The van der Waals surface area contributed by atoms with Gasteiger partial charge in [0.25, 0.3) is 0 Å². The van der Waals surface area contributed by atoms with Crippen LogP contribution in [0.5, 0.6) is 0 Å². The minimum absolute atomic E-state index is 0.809. The van der Waals surface area contributed by atoms with Crippen LogP contribution < -0.4 is 0 Å². The third-order valence-corrected chi connectivity index (χ3v) is 3.36. The first-order chi connectivity index (χ1) is 9.38. The molecule has 0 radical (unpaired) electrons. The summed E-state index contributed by atoms with van der Waals surface area (Å²) >= 11 is 0. The number of hydrogen-bond donors (Lipinski definition) is 3. The van der Waals surface area contributed by atoms with E-state index in [0.29, 0.717) is 0 Å². The lowest BCUT2D eigenvalue weighted by molar-refractivity contribution is -0.135. The van der Waals surface area contributed by atoms with E-state index >= 15 is 0 Å². The van der Waals surface area contributed by atoms with Crippen LogP contribution in [0.2, 0.25) is 0 Å². The predicted molar refractivity (Wildman–Crippen MR) is 73.4 cm³/mol. The summed E-state index contributed by atoms with van der Waals surface area (Å²) < 4.78 is 20.4. The van der Waals surface area contributed by atoms with E-state index in [9.17, 15) is 29.3 Å². The van der Waals surface area contributed by atoms with Crippen LogP contribution in [0.15, 0.2) is 25.3 Å². The van der Waals surface area contributed by atoms with Gasteiger partial charge in [-0.25, -0.2) is 4.57 Å². The topological polar surface area (TPSA) is 130 Å². The smallest absolute Gasteiger partial charge is 0.380 e. The molecule has 0 bridgehead atoms. The van der Waals surface area contributed by atoms with Gasteiger partial charge in [0.2, 0.25) is 0 Å². The minimum Gasteiger partial charge on any atom is -0.380 e. The summed E-state index contributed by atoms with van der Waals surface area (Å²) in [6, 6.07) is 0. The summed E-state index contributed by atoms with van der Waals surface area (Å²) in [5.41, 5.74) is -4.11. The molecule has 9 heteroatoms. The molecular formula is C12H19O8P. The van der Waals surface area contributed by atoms with Crippen LogP contribution in [-0.2, 0) is 23.2 Å². The Morgan fingerprint density at radius 2 is 1.33 bits per heavy atom. The molecule has 0 amide bonds. The first kappa shape index (κ1) is 19.9. The molecule has 0 fully saturated rings. The Bertz CT molecular complexity index is 440. The molecule has 0 aliphatic heterocycles. The van der Waals surface area contributed by atoms with Crippen molar-refractivity contribution in [3.8, 4) is 0 Å². The Balaban J connectivity index is 4.63. The van der Waals surface area contributed by atoms with Crippen molar-refractivity contribution in [2.45, 2.75) is 25.0 Å². The molecule has 0 heterocycles. The van der Waals surface area contributed by atoms with Crippen LogP contribution >= 0.6 is 7.82 Å². The highest BCUT2D eigenvalue weighted by atomic mass is 31.2. The van der Waals surface area contributed by atoms with Crippen LogP contribution in [0.4, 0.5) is 0 Å². The maximum Gasteiger partial charge on any atom is 0.472 e. The number of ketones is 2. The third-order valence-electron chi connectivity index (χ3n) is 2.45. The van der Waals surface area contributed by atoms with E-state index in [-0.39, 0.29) is 0 Å². The lowest BCUT2D eigenvalue weighted by atomic mass is 10.0. The molecule has 0 rings (SSSR count). The zero-order valence-electron chi connectivity index (χ0n) is 11.8. The van der Waals surface area contributed by atoms with Crippen LogP contribution in [-0.4, -0.2) is 51.1 Å². The van der Waals surface area contributed by atoms with Gasteiger partial charge in [0, 0.05) is 0 Å². The number of carbonyl (C=O) groups is 2. The molecule has 0 aromatic rings. The molecular weight excluding hydrogens is 303 g/mol. The van der Waals surface area contributed by atoms with E-state index in [1.165, 1.54) is 0 Å². The molecule has 0 aromatic heterocycles. The van der Waals surface area contributed by atoms with Crippen molar-refractivity contribution in [1.29, 1.82) is 0 Å². The van der Waals surface area contributed by atoms with Gasteiger partial charge in [-0.1, -0.05) is 13.2 Å². The number of rotatable bonds is 10. The quantitative estimate of drug-likeness (QED) is 0.382. The van der Waals surface area contributed by atoms with Crippen molar-refractivity contribution in [3.05, 3.63) is 25.3 Å². The summed E-state index contributed by atoms with van der Waals surface area (Å²) in [6.45, 7) is 6.79. The van der Waals surface area contributed by atoms with Crippen molar-refractivity contribution in [1.82, 2.24) is 0 Å².